The van der Waals surface area contributed by atoms with Gasteiger partial charge in [-0.05, 0) is 0 Å². The van der Waals surface area contributed by atoms with Crippen molar-refractivity contribution in [3.8, 4) is 0 Å². The van der Waals surface area contributed by atoms with E-state index in [1.165, 1.54) is 0 Å². The number of carboxylic acid groups (broad SMARTS) is 1. The van der Waals surface area contributed by atoms with Gasteiger partial charge < -0.3 is 79.3 Å². The van der Waals surface area contributed by atoms with Crippen molar-refractivity contribution in [2.45, 2.75) is 18.1 Å². The summed E-state index contributed by atoms with van der Waals surface area (Å²) in [6.45, 7) is -7.86. The van der Waals surface area contributed by atoms with Crippen LogP contribution in [-0.2, 0) is 52.7 Å². The highest BCUT2D eigenvalue weighted by molar-refractivity contribution is 5.96. The average molecular weight is 736 g/mol. The monoisotopic (exact) mass is 735 g/mol. The third kappa shape index (κ3) is 20.9. The van der Waals surface area contributed by atoms with Crippen molar-refractivity contribution in [3.63, 3.8) is 0 Å². The molecular weight excluding hydrogens is 694 g/mol. The largest absolute Gasteiger partial charge is 0.480 e. The fourth-order valence-corrected chi connectivity index (χ4v) is 3.14. The standard InChI is InChI=1S/C25H41N11O15/c26-1-15(40)27-2-16(41)29-7-21(46)35-14(11-39)25(51)36-13(10-38)24(50)33-4-18(43)28-3-17(42)30-6-20(45)34-12(9-37)23(49)32-5-19(44)31-8-22(47)48/h12-14,37-39H,1-11,26H2,(H,27,40)(H,28,43)(H,29,41)(H,30,42)(H,31,44)(H,32,49)(H,33,50)(H,34,45)(H,35,46)(H,36,51)(H,47,48)/t12-,13-,14-/m0/s1. The number of carbonyl (C=O) groups excluding carboxylic acids is 10. The number of nitrogens with two attached hydrogens (primary N) is 1. The van der Waals surface area contributed by atoms with Crippen LogP contribution in [0.2, 0.25) is 0 Å². The minimum atomic E-state index is -1.66. The van der Waals surface area contributed by atoms with E-state index in [0.29, 0.717) is 0 Å². The van der Waals surface area contributed by atoms with E-state index >= 15 is 0 Å². The van der Waals surface area contributed by atoms with E-state index in [-0.39, 0.29) is 6.54 Å². The molecule has 10 amide bonds. The number of aliphatic hydroxyl groups excluding tert-OH is 3. The Bertz CT molecular complexity index is 1300. The Morgan fingerprint density at radius 2 is 0.686 bits per heavy atom. The Morgan fingerprint density at radius 3 is 1.04 bits per heavy atom. The predicted octanol–water partition coefficient (Wildman–Crippen LogP) is -11.7. The molecule has 26 nitrogen and oxygen atoms in total. The second-order valence-corrected chi connectivity index (χ2v) is 9.77. The van der Waals surface area contributed by atoms with Crippen LogP contribution in [0.4, 0.5) is 0 Å². The molecule has 0 radical (unpaired) electrons. The van der Waals surface area contributed by atoms with Crippen LogP contribution < -0.4 is 58.9 Å². The van der Waals surface area contributed by atoms with Gasteiger partial charge in [-0.1, -0.05) is 0 Å². The van der Waals surface area contributed by atoms with E-state index < -0.39 is 149 Å². The molecule has 0 rings (SSSR count). The lowest BCUT2D eigenvalue weighted by Crippen LogP contribution is -2.57. The van der Waals surface area contributed by atoms with Gasteiger partial charge in [0.15, 0.2) is 0 Å². The molecule has 0 aromatic carbocycles. The smallest absolute Gasteiger partial charge is 0.322 e. The Balaban J connectivity index is 4.57. The Labute approximate surface area is 287 Å². The topological polar surface area (TPSA) is 415 Å². The van der Waals surface area contributed by atoms with Gasteiger partial charge in [-0.25, -0.2) is 0 Å². The number of hydrogen-bond donors (Lipinski definition) is 15. The summed E-state index contributed by atoms with van der Waals surface area (Å²) in [6.07, 6.45) is 0. The van der Waals surface area contributed by atoms with Crippen molar-refractivity contribution in [1.82, 2.24) is 53.2 Å². The third-order valence-electron chi connectivity index (χ3n) is 5.74. The van der Waals surface area contributed by atoms with Gasteiger partial charge in [0.2, 0.25) is 59.1 Å². The summed E-state index contributed by atoms with van der Waals surface area (Å²) >= 11 is 0. The van der Waals surface area contributed by atoms with Crippen LogP contribution in [0.1, 0.15) is 0 Å². The van der Waals surface area contributed by atoms with Gasteiger partial charge in [0, 0.05) is 0 Å². The van der Waals surface area contributed by atoms with Crippen molar-refractivity contribution in [2.75, 3.05) is 72.2 Å². The molecule has 0 spiro atoms. The molecule has 51 heavy (non-hydrogen) atoms. The SMILES string of the molecule is NCC(=O)NCC(=O)NCC(=O)N[C@@H](CO)C(=O)N[C@@H](CO)C(=O)NCC(=O)NCC(=O)NCC(=O)N[C@@H](CO)C(=O)NCC(=O)NCC(=O)O. The summed E-state index contributed by atoms with van der Waals surface area (Å²) < 4.78 is 0. The quantitative estimate of drug-likeness (QED) is 0.0437. The molecule has 16 N–H and O–H groups in total. The zero-order chi connectivity index (χ0) is 38.9. The first kappa shape index (κ1) is 45.0. The normalized spacial score (nSPS) is 11.9. The summed E-state index contributed by atoms with van der Waals surface area (Å²) in [6, 6.07) is -4.83. The van der Waals surface area contributed by atoms with E-state index in [9.17, 15) is 68.1 Å². The van der Waals surface area contributed by atoms with Gasteiger partial charge in [-0.3, -0.25) is 52.7 Å². The molecule has 0 aromatic heterocycles. The minimum Gasteiger partial charge on any atom is -0.480 e. The number of aliphatic hydroxyl groups is 3. The van der Waals surface area contributed by atoms with Crippen molar-refractivity contribution >= 4 is 65.0 Å². The molecule has 0 aromatic rings. The van der Waals surface area contributed by atoms with Crippen molar-refractivity contribution in [2.24, 2.45) is 5.73 Å². The lowest BCUT2D eigenvalue weighted by atomic mass is 10.2. The predicted molar refractivity (Wildman–Crippen MR) is 165 cm³/mol. The molecule has 0 unspecified atom stereocenters. The van der Waals surface area contributed by atoms with Crippen molar-refractivity contribution in [3.05, 3.63) is 0 Å². The highest BCUT2D eigenvalue weighted by Crippen LogP contribution is 1.90. The van der Waals surface area contributed by atoms with Gasteiger partial charge >= 0.3 is 5.97 Å². The lowest BCUT2D eigenvalue weighted by molar-refractivity contribution is -0.138. The van der Waals surface area contributed by atoms with Crippen LogP contribution in [0.3, 0.4) is 0 Å². The molecule has 286 valence electrons. The zero-order valence-corrected chi connectivity index (χ0v) is 26.9. The Morgan fingerprint density at radius 1 is 0.392 bits per heavy atom. The van der Waals surface area contributed by atoms with E-state index in [1.54, 1.807) is 0 Å². The van der Waals surface area contributed by atoms with Crippen LogP contribution >= 0.6 is 0 Å². The number of carbonyl (C=O) groups is 11. The van der Waals surface area contributed by atoms with Crippen LogP contribution in [0, 0.1) is 0 Å². The lowest BCUT2D eigenvalue weighted by Gasteiger charge is -2.21. The molecule has 0 saturated carbocycles. The maximum atomic E-state index is 12.4. The molecule has 26 heteroatoms. The molecule has 0 saturated heterocycles. The summed E-state index contributed by atoms with van der Waals surface area (Å²) in [5.74, 6) is -10.5. The number of carboxylic acids is 1. The molecule has 0 aliphatic rings. The third-order valence-corrected chi connectivity index (χ3v) is 5.74. The summed E-state index contributed by atoms with van der Waals surface area (Å²) in [5.41, 5.74) is 5.07. The summed E-state index contributed by atoms with van der Waals surface area (Å²) in [5, 5.41) is 57.5. The van der Waals surface area contributed by atoms with Gasteiger partial charge in [-0.15, -0.1) is 0 Å². The van der Waals surface area contributed by atoms with E-state index in [0.717, 1.165) is 0 Å². The zero-order valence-electron chi connectivity index (χ0n) is 26.9. The number of nitrogens with one attached hydrogen (secondary N) is 10. The number of amides is 10. The fraction of sp³-hybridized carbons (Fsp3) is 0.560. The maximum Gasteiger partial charge on any atom is 0.322 e. The minimum absolute atomic E-state index is 0.363. The first-order chi connectivity index (χ1) is 24.1. The van der Waals surface area contributed by atoms with Gasteiger partial charge in [-0.2, -0.15) is 0 Å². The summed E-state index contributed by atoms with van der Waals surface area (Å²) in [7, 11) is 0. The molecular formula is C25H41N11O15. The molecule has 0 bridgehead atoms. The van der Waals surface area contributed by atoms with E-state index in [2.05, 4.69) is 42.5 Å². The molecule has 0 aliphatic heterocycles. The molecule has 0 heterocycles. The highest BCUT2D eigenvalue weighted by atomic mass is 16.4. The number of aliphatic carboxylic acids is 1. The van der Waals surface area contributed by atoms with Gasteiger partial charge in [0.1, 0.15) is 24.7 Å². The van der Waals surface area contributed by atoms with Crippen LogP contribution in [-0.4, -0.2) is 176 Å². The summed E-state index contributed by atoms with van der Waals surface area (Å²) in [4.78, 5) is 129. The number of rotatable bonds is 24. The van der Waals surface area contributed by atoms with Gasteiger partial charge in [0.05, 0.1) is 65.6 Å². The first-order valence-electron chi connectivity index (χ1n) is 14.6. The Kier molecular flexibility index (Phi) is 22.1. The van der Waals surface area contributed by atoms with Crippen LogP contribution in [0.25, 0.3) is 0 Å². The Hall–Kier alpha value is -5.99. The van der Waals surface area contributed by atoms with Crippen molar-refractivity contribution < 1.29 is 73.2 Å². The van der Waals surface area contributed by atoms with Gasteiger partial charge in [0.25, 0.3) is 0 Å². The second kappa shape index (κ2) is 25.0. The van der Waals surface area contributed by atoms with Crippen LogP contribution in [0.5, 0.6) is 0 Å². The number of hydrogen-bond acceptors (Lipinski definition) is 15. The maximum absolute atomic E-state index is 12.4. The van der Waals surface area contributed by atoms with Crippen LogP contribution in [0.15, 0.2) is 0 Å². The molecule has 0 fully saturated rings. The van der Waals surface area contributed by atoms with Crippen molar-refractivity contribution in [1.29, 1.82) is 0 Å². The second-order valence-electron chi connectivity index (χ2n) is 9.77. The fourth-order valence-electron chi connectivity index (χ4n) is 3.14. The molecule has 0 aliphatic carbocycles. The average Bonchev–Trinajstić information content (AvgIpc) is 3.11. The van der Waals surface area contributed by atoms with E-state index in [4.69, 9.17) is 10.8 Å². The first-order valence-corrected chi connectivity index (χ1v) is 14.6. The highest BCUT2D eigenvalue weighted by Gasteiger charge is 2.26. The molecule has 3 atom stereocenters. The van der Waals surface area contributed by atoms with E-state index in [1.807, 2.05) is 10.6 Å².